The fraction of sp³-hybridized carbons (Fsp3) is 0.269. The van der Waals surface area contributed by atoms with Crippen LogP contribution in [-0.4, -0.2) is 35.2 Å². The summed E-state index contributed by atoms with van der Waals surface area (Å²) in [6, 6.07) is 6.71. The third-order valence-electron chi connectivity index (χ3n) is 6.99. The van der Waals surface area contributed by atoms with Crippen LogP contribution in [0, 0.1) is 25.5 Å². The van der Waals surface area contributed by atoms with Crippen LogP contribution in [0.5, 0.6) is 0 Å². The Morgan fingerprint density at radius 3 is 2.53 bits per heavy atom. The molecule has 1 aliphatic rings. The summed E-state index contributed by atoms with van der Waals surface area (Å²) in [6.45, 7) is 6.20. The molecule has 8 nitrogen and oxygen atoms in total. The van der Waals surface area contributed by atoms with Crippen LogP contribution in [0.25, 0.3) is 28.1 Å². The third-order valence-corrected chi connectivity index (χ3v) is 6.99. The number of hydrogen-bond acceptors (Lipinski definition) is 4. The lowest BCUT2D eigenvalue weighted by molar-refractivity contribution is 0.536. The molecule has 184 valence electrons. The number of nitrogens with zero attached hydrogens (tertiary/aromatic N) is 6. The van der Waals surface area contributed by atoms with Crippen molar-refractivity contribution in [3.8, 4) is 17.2 Å². The maximum Gasteiger partial charge on any atom is 0.338 e. The van der Waals surface area contributed by atoms with Gasteiger partial charge in [0.2, 0.25) is 0 Å². The van der Waals surface area contributed by atoms with Crippen molar-refractivity contribution in [3.05, 3.63) is 87.4 Å². The molecule has 1 atom stereocenters. The number of benzene rings is 2. The van der Waals surface area contributed by atoms with E-state index in [-0.39, 0.29) is 17.5 Å². The Labute approximate surface area is 205 Å². The highest BCUT2D eigenvalue weighted by Crippen LogP contribution is 2.32. The Kier molecular flexibility index (Phi) is 4.97. The highest BCUT2D eigenvalue weighted by molar-refractivity contribution is 5.81. The molecule has 5 aromatic rings. The van der Waals surface area contributed by atoms with Gasteiger partial charge in [0.15, 0.2) is 5.82 Å². The van der Waals surface area contributed by atoms with Crippen molar-refractivity contribution >= 4 is 10.9 Å². The van der Waals surface area contributed by atoms with Gasteiger partial charge in [0.25, 0.3) is 0 Å². The minimum Gasteiger partial charge on any atom is -0.310 e. The normalized spacial score (nSPS) is 15.6. The second-order valence-electron chi connectivity index (χ2n) is 9.34. The quantitative estimate of drug-likeness (QED) is 0.418. The van der Waals surface area contributed by atoms with Crippen molar-refractivity contribution in [2.75, 3.05) is 6.54 Å². The molecule has 0 aliphatic carbocycles. The molecule has 0 saturated heterocycles. The molecule has 1 aliphatic heterocycles. The van der Waals surface area contributed by atoms with Gasteiger partial charge in [-0.3, -0.25) is 13.8 Å². The van der Waals surface area contributed by atoms with E-state index < -0.39 is 11.5 Å². The zero-order valence-electron chi connectivity index (χ0n) is 20.4. The van der Waals surface area contributed by atoms with E-state index >= 15 is 4.39 Å². The second kappa shape index (κ2) is 7.99. The fourth-order valence-corrected chi connectivity index (χ4v) is 5.15. The smallest absolute Gasteiger partial charge is 0.310 e. The van der Waals surface area contributed by atoms with E-state index in [1.54, 1.807) is 66.9 Å². The number of rotatable bonds is 3. The standard InChI is InChI=1S/C26H25F2N7O/c1-14-11-17(12-15(2)23(14)27)35-25(22-16(3)29-8-7-19(22)31-35)34-10-9-33(26(34)36)21-6-5-20-18(24(21)28)13-30-32(20)4/h5-6,9-13,16,29H,7-8H2,1-4H3. The maximum atomic E-state index is 15.4. The number of hydrogen-bond donors (Lipinski definition) is 1. The van der Waals surface area contributed by atoms with Crippen molar-refractivity contribution < 1.29 is 8.78 Å². The molecule has 0 spiro atoms. The largest absolute Gasteiger partial charge is 0.338 e. The van der Waals surface area contributed by atoms with E-state index in [0.29, 0.717) is 40.0 Å². The van der Waals surface area contributed by atoms with E-state index in [4.69, 9.17) is 5.10 Å². The monoisotopic (exact) mass is 489 g/mol. The van der Waals surface area contributed by atoms with Gasteiger partial charge in [-0.15, -0.1) is 0 Å². The number of imidazole rings is 1. The van der Waals surface area contributed by atoms with Crippen LogP contribution in [-0.2, 0) is 13.5 Å². The number of aromatic nitrogens is 6. The van der Waals surface area contributed by atoms with E-state index in [2.05, 4.69) is 10.4 Å². The zero-order chi connectivity index (χ0) is 25.3. The summed E-state index contributed by atoms with van der Waals surface area (Å²) >= 11 is 0. The van der Waals surface area contributed by atoms with Crippen LogP contribution in [0.15, 0.2) is 47.7 Å². The highest BCUT2D eigenvalue weighted by Gasteiger charge is 2.29. The van der Waals surface area contributed by atoms with Gasteiger partial charge in [0, 0.05) is 44.0 Å². The van der Waals surface area contributed by atoms with E-state index in [0.717, 1.165) is 17.8 Å². The Morgan fingerprint density at radius 2 is 1.78 bits per heavy atom. The molecule has 10 heteroatoms. The summed E-state index contributed by atoms with van der Waals surface area (Å²) in [7, 11) is 1.74. The predicted octanol–water partition coefficient (Wildman–Crippen LogP) is 3.80. The first-order valence-corrected chi connectivity index (χ1v) is 11.8. The lowest BCUT2D eigenvalue weighted by Crippen LogP contribution is -2.30. The Hall–Kier alpha value is -4.05. The highest BCUT2D eigenvalue weighted by atomic mass is 19.1. The molecule has 4 heterocycles. The van der Waals surface area contributed by atoms with Crippen LogP contribution in [0.1, 0.15) is 35.3 Å². The molecule has 6 rings (SSSR count). The maximum absolute atomic E-state index is 15.4. The van der Waals surface area contributed by atoms with Gasteiger partial charge in [-0.25, -0.2) is 18.3 Å². The first-order valence-electron chi connectivity index (χ1n) is 11.8. The average Bonchev–Trinajstić information content (AvgIpc) is 3.53. The van der Waals surface area contributed by atoms with Gasteiger partial charge in [-0.2, -0.15) is 10.2 Å². The van der Waals surface area contributed by atoms with Crippen LogP contribution in [0.4, 0.5) is 8.78 Å². The number of halogens is 2. The van der Waals surface area contributed by atoms with Crippen LogP contribution >= 0.6 is 0 Å². The fourth-order valence-electron chi connectivity index (χ4n) is 5.15. The third kappa shape index (κ3) is 3.17. The summed E-state index contributed by atoms with van der Waals surface area (Å²) in [5, 5.41) is 12.7. The van der Waals surface area contributed by atoms with Crippen LogP contribution in [0.3, 0.4) is 0 Å². The summed E-state index contributed by atoms with van der Waals surface area (Å²) < 4.78 is 35.9. The molecule has 0 radical (unpaired) electrons. The van der Waals surface area contributed by atoms with E-state index in [1.807, 2.05) is 6.92 Å². The minimum atomic E-state index is -0.518. The molecule has 36 heavy (non-hydrogen) atoms. The van der Waals surface area contributed by atoms with Crippen molar-refractivity contribution in [1.82, 2.24) is 34.0 Å². The van der Waals surface area contributed by atoms with Crippen LogP contribution < -0.4 is 11.0 Å². The minimum absolute atomic E-state index is 0.0566. The molecule has 1 N–H and O–H groups in total. The number of fused-ring (bicyclic) bond motifs is 2. The summed E-state index contributed by atoms with van der Waals surface area (Å²) in [5.74, 6) is -0.227. The Morgan fingerprint density at radius 1 is 1.06 bits per heavy atom. The summed E-state index contributed by atoms with van der Waals surface area (Å²) in [4.78, 5) is 13.7. The Balaban J connectivity index is 1.59. The van der Waals surface area contributed by atoms with Gasteiger partial charge in [-0.05, 0) is 56.2 Å². The van der Waals surface area contributed by atoms with Gasteiger partial charge in [-0.1, -0.05) is 0 Å². The molecule has 0 fully saturated rings. The average molecular weight is 490 g/mol. The van der Waals surface area contributed by atoms with E-state index in [1.165, 1.54) is 15.3 Å². The lowest BCUT2D eigenvalue weighted by Gasteiger charge is -2.21. The molecule has 0 saturated carbocycles. The van der Waals surface area contributed by atoms with Crippen molar-refractivity contribution in [2.45, 2.75) is 33.2 Å². The zero-order valence-corrected chi connectivity index (χ0v) is 20.4. The van der Waals surface area contributed by atoms with E-state index in [9.17, 15) is 9.18 Å². The molecule has 0 bridgehead atoms. The molecule has 0 amide bonds. The van der Waals surface area contributed by atoms with Crippen molar-refractivity contribution in [1.29, 1.82) is 0 Å². The second-order valence-corrected chi connectivity index (χ2v) is 9.34. The van der Waals surface area contributed by atoms with Crippen LogP contribution in [0.2, 0.25) is 0 Å². The predicted molar refractivity (Wildman–Crippen MR) is 132 cm³/mol. The van der Waals surface area contributed by atoms with Gasteiger partial charge >= 0.3 is 5.69 Å². The van der Waals surface area contributed by atoms with Gasteiger partial charge in [0.05, 0.1) is 34.2 Å². The van der Waals surface area contributed by atoms with Gasteiger partial charge in [0.1, 0.15) is 11.6 Å². The number of aryl methyl sites for hydroxylation is 3. The SMILES string of the molecule is Cc1cc(-n2nc3c(c2-n2ccn(-c4ccc5c(cnn5C)c4F)c2=O)C(C)NCC3)cc(C)c1F. The van der Waals surface area contributed by atoms with Crippen molar-refractivity contribution in [2.24, 2.45) is 7.05 Å². The topological polar surface area (TPSA) is 74.6 Å². The molecular weight excluding hydrogens is 464 g/mol. The number of nitrogens with one attached hydrogen (secondary N) is 1. The Bertz CT molecular complexity index is 1700. The molecule has 1 unspecified atom stereocenters. The lowest BCUT2D eigenvalue weighted by atomic mass is 10.0. The first kappa shape index (κ1) is 22.4. The molecule has 2 aromatic carbocycles. The summed E-state index contributed by atoms with van der Waals surface area (Å²) in [5.41, 5.74) is 3.75. The molecular formula is C26H25F2N7O. The molecule has 3 aromatic heterocycles. The first-order chi connectivity index (χ1) is 17.3. The van der Waals surface area contributed by atoms with Gasteiger partial charge < -0.3 is 5.32 Å². The van der Waals surface area contributed by atoms with Crippen molar-refractivity contribution in [3.63, 3.8) is 0 Å². The summed E-state index contributed by atoms with van der Waals surface area (Å²) in [6.07, 6.45) is 5.32.